The molecule has 1 fully saturated rings. The van der Waals surface area contributed by atoms with Gasteiger partial charge >= 0.3 is 0 Å². The molecule has 0 spiro atoms. The van der Waals surface area contributed by atoms with Crippen molar-refractivity contribution in [2.45, 2.75) is 18.9 Å². The summed E-state index contributed by atoms with van der Waals surface area (Å²) in [5.74, 6) is 0.695. The quantitative estimate of drug-likeness (QED) is 0.845. The van der Waals surface area contributed by atoms with Crippen LogP contribution in [0.15, 0.2) is 18.2 Å². The monoisotopic (exact) mass is 293 g/mol. The minimum atomic E-state index is -0.0662. The highest BCUT2D eigenvalue weighted by atomic mass is 16.5. The van der Waals surface area contributed by atoms with Crippen molar-refractivity contribution in [3.63, 3.8) is 0 Å². The molecule has 0 radical (unpaired) electrons. The van der Waals surface area contributed by atoms with Gasteiger partial charge < -0.3 is 20.5 Å². The molecule has 5 heteroatoms. The first-order valence-electron chi connectivity index (χ1n) is 7.48. The Morgan fingerprint density at radius 2 is 1.95 bits per heavy atom. The molecule has 1 aromatic carbocycles. The number of nitrogens with two attached hydrogens (primary N) is 1. The third-order valence-electron chi connectivity index (χ3n) is 4.54. The summed E-state index contributed by atoms with van der Waals surface area (Å²) in [6, 6.07) is 5.54. The predicted octanol–water partition coefficient (Wildman–Crippen LogP) is 0.908. The largest absolute Gasteiger partial charge is 0.504 e. The fraction of sp³-hybridized carbons (Fsp3) is 0.625. The molecule has 2 rings (SSSR count). The highest BCUT2D eigenvalue weighted by Crippen LogP contribution is 2.29. The molecule has 1 aliphatic rings. The number of phenols is 1. The number of ether oxygens (including phenoxy) is 1. The highest BCUT2D eigenvalue weighted by Gasteiger charge is 2.32. The summed E-state index contributed by atoms with van der Waals surface area (Å²) >= 11 is 0. The molecular formula is C16H27N3O2. The van der Waals surface area contributed by atoms with Crippen LogP contribution in [-0.4, -0.2) is 67.3 Å². The standard InChI is InChI=1S/C16H27N3O2/c1-16(12-17,19-8-6-18(2)7-9-19)11-13-4-5-14(20)15(10-13)21-3/h4-5,10,20H,6-9,11-12,17H2,1-3H3. The minimum Gasteiger partial charge on any atom is -0.504 e. The molecule has 1 aromatic rings. The van der Waals surface area contributed by atoms with Crippen molar-refractivity contribution in [3.05, 3.63) is 23.8 Å². The van der Waals surface area contributed by atoms with Gasteiger partial charge in [-0.1, -0.05) is 6.07 Å². The van der Waals surface area contributed by atoms with Gasteiger partial charge in [0, 0.05) is 38.3 Å². The van der Waals surface area contributed by atoms with Crippen LogP contribution in [0, 0.1) is 0 Å². The van der Waals surface area contributed by atoms with Gasteiger partial charge in [0.25, 0.3) is 0 Å². The molecule has 21 heavy (non-hydrogen) atoms. The molecule has 0 saturated carbocycles. The second-order valence-electron chi connectivity index (χ2n) is 6.17. The topological polar surface area (TPSA) is 62.0 Å². The van der Waals surface area contributed by atoms with Crippen LogP contribution in [0.3, 0.4) is 0 Å². The summed E-state index contributed by atoms with van der Waals surface area (Å²) in [7, 11) is 3.73. The van der Waals surface area contributed by atoms with Gasteiger partial charge in [0.1, 0.15) is 0 Å². The van der Waals surface area contributed by atoms with Crippen LogP contribution in [-0.2, 0) is 6.42 Å². The Bertz CT molecular complexity index is 473. The molecule has 1 saturated heterocycles. The lowest BCUT2D eigenvalue weighted by molar-refractivity contribution is 0.0559. The summed E-state index contributed by atoms with van der Waals surface area (Å²) in [6.45, 7) is 7.07. The highest BCUT2D eigenvalue weighted by molar-refractivity contribution is 5.42. The fourth-order valence-corrected chi connectivity index (χ4v) is 2.93. The molecule has 5 nitrogen and oxygen atoms in total. The van der Waals surface area contributed by atoms with Crippen LogP contribution in [0.5, 0.6) is 11.5 Å². The smallest absolute Gasteiger partial charge is 0.160 e. The number of hydrogen-bond acceptors (Lipinski definition) is 5. The molecule has 1 heterocycles. The number of benzene rings is 1. The summed E-state index contributed by atoms with van der Waals surface area (Å²) in [4.78, 5) is 4.82. The molecule has 1 unspecified atom stereocenters. The van der Waals surface area contributed by atoms with Crippen LogP contribution >= 0.6 is 0 Å². The van der Waals surface area contributed by atoms with Crippen molar-refractivity contribution in [1.29, 1.82) is 0 Å². The van der Waals surface area contributed by atoms with Crippen molar-refractivity contribution < 1.29 is 9.84 Å². The lowest BCUT2D eigenvalue weighted by Crippen LogP contribution is -2.59. The Balaban J connectivity index is 2.13. The maximum atomic E-state index is 9.70. The van der Waals surface area contributed by atoms with E-state index in [9.17, 15) is 5.11 Å². The minimum absolute atomic E-state index is 0.0662. The second kappa shape index (κ2) is 6.64. The second-order valence-corrected chi connectivity index (χ2v) is 6.17. The van der Waals surface area contributed by atoms with E-state index in [1.807, 2.05) is 12.1 Å². The van der Waals surface area contributed by atoms with Gasteiger partial charge in [-0.15, -0.1) is 0 Å². The normalized spacial score (nSPS) is 20.2. The molecule has 1 atom stereocenters. The van der Waals surface area contributed by atoms with Crippen molar-refractivity contribution in [3.8, 4) is 11.5 Å². The van der Waals surface area contributed by atoms with E-state index in [1.54, 1.807) is 13.2 Å². The number of rotatable bonds is 5. The average molecular weight is 293 g/mol. The van der Waals surface area contributed by atoms with E-state index >= 15 is 0 Å². The average Bonchev–Trinajstić information content (AvgIpc) is 2.49. The van der Waals surface area contributed by atoms with Gasteiger partial charge in [-0.2, -0.15) is 0 Å². The summed E-state index contributed by atoms with van der Waals surface area (Å²) in [6.07, 6.45) is 0.851. The number of methoxy groups -OCH3 is 1. The number of nitrogens with zero attached hydrogens (tertiary/aromatic N) is 2. The molecule has 3 N–H and O–H groups in total. The van der Waals surface area contributed by atoms with Crippen LogP contribution in [0.1, 0.15) is 12.5 Å². The van der Waals surface area contributed by atoms with E-state index in [-0.39, 0.29) is 11.3 Å². The Labute approximate surface area is 127 Å². The zero-order valence-corrected chi connectivity index (χ0v) is 13.3. The molecule has 0 aromatic heterocycles. The van der Waals surface area contributed by atoms with Gasteiger partial charge in [-0.3, -0.25) is 4.90 Å². The van der Waals surface area contributed by atoms with Crippen molar-refractivity contribution >= 4 is 0 Å². The first-order valence-corrected chi connectivity index (χ1v) is 7.48. The summed E-state index contributed by atoms with van der Waals surface area (Å²) in [5, 5.41) is 9.70. The van der Waals surface area contributed by atoms with E-state index in [0.29, 0.717) is 12.3 Å². The number of piperazine rings is 1. The molecule has 118 valence electrons. The zero-order valence-electron chi connectivity index (χ0n) is 13.3. The number of phenolic OH excluding ortho intramolecular Hbond substituents is 1. The van der Waals surface area contributed by atoms with E-state index in [4.69, 9.17) is 10.5 Å². The van der Waals surface area contributed by atoms with Crippen molar-refractivity contribution in [2.24, 2.45) is 5.73 Å². The van der Waals surface area contributed by atoms with Crippen LogP contribution in [0.2, 0.25) is 0 Å². The SMILES string of the molecule is COc1cc(CC(C)(CN)N2CCN(C)CC2)ccc1O. The van der Waals surface area contributed by atoms with Crippen LogP contribution < -0.4 is 10.5 Å². The number of likely N-dealkylation sites (N-methyl/N-ethyl adjacent to an activating group) is 1. The van der Waals surface area contributed by atoms with E-state index in [1.165, 1.54) is 0 Å². The lowest BCUT2D eigenvalue weighted by atomic mass is 9.90. The molecule has 1 aliphatic heterocycles. The van der Waals surface area contributed by atoms with Gasteiger partial charge in [-0.25, -0.2) is 0 Å². The Kier molecular flexibility index (Phi) is 5.08. The third kappa shape index (κ3) is 3.67. The molecule has 0 aliphatic carbocycles. The summed E-state index contributed by atoms with van der Waals surface area (Å²) < 4.78 is 5.19. The van der Waals surface area contributed by atoms with Gasteiger partial charge in [0.05, 0.1) is 7.11 Å². The van der Waals surface area contributed by atoms with Gasteiger partial charge in [-0.05, 0) is 38.1 Å². The molecule has 0 amide bonds. The first-order chi connectivity index (χ1) is 9.98. The fourth-order valence-electron chi connectivity index (χ4n) is 2.93. The van der Waals surface area contributed by atoms with E-state index < -0.39 is 0 Å². The molecular weight excluding hydrogens is 266 g/mol. The molecule has 0 bridgehead atoms. The van der Waals surface area contributed by atoms with Gasteiger partial charge in [0.15, 0.2) is 11.5 Å². The van der Waals surface area contributed by atoms with E-state index in [2.05, 4.69) is 23.8 Å². The lowest BCUT2D eigenvalue weighted by Gasteiger charge is -2.45. The van der Waals surface area contributed by atoms with Gasteiger partial charge in [0.2, 0.25) is 0 Å². The first kappa shape index (κ1) is 16.1. The maximum absolute atomic E-state index is 9.70. The number of hydrogen-bond donors (Lipinski definition) is 2. The summed E-state index contributed by atoms with van der Waals surface area (Å²) in [5.41, 5.74) is 7.15. The van der Waals surface area contributed by atoms with Crippen LogP contribution in [0.4, 0.5) is 0 Å². The Morgan fingerprint density at radius 1 is 1.29 bits per heavy atom. The Hall–Kier alpha value is -1.30. The van der Waals surface area contributed by atoms with Crippen molar-refractivity contribution in [2.75, 3.05) is 46.9 Å². The third-order valence-corrected chi connectivity index (χ3v) is 4.54. The predicted molar refractivity (Wildman–Crippen MR) is 84.9 cm³/mol. The van der Waals surface area contributed by atoms with Crippen molar-refractivity contribution in [1.82, 2.24) is 9.80 Å². The van der Waals surface area contributed by atoms with E-state index in [0.717, 1.165) is 38.2 Å². The maximum Gasteiger partial charge on any atom is 0.160 e. The zero-order chi connectivity index (χ0) is 15.5. The number of aromatic hydroxyl groups is 1. The Morgan fingerprint density at radius 3 is 2.52 bits per heavy atom. The van der Waals surface area contributed by atoms with Crippen LogP contribution in [0.25, 0.3) is 0 Å².